The van der Waals surface area contributed by atoms with E-state index in [1.165, 1.54) is 10.6 Å². The third-order valence-electron chi connectivity index (χ3n) is 5.32. The number of nitrogens with zero attached hydrogens (tertiary/aromatic N) is 4. The standard InChI is InChI=1S/C12H17N3O2.C10H13N3O2.CO2/c1-5-8-11(16)10-9(6(2)3)13-7(4)15(10)14-12(8)17;1-5(2)9-10-7(14)4-8(15)12-13(10)6(3)11-9;2-1-3/h6,16H,5H2,1-4H3,(H,14,17);4-5,14H,1-3H3,(H,12,15);. The summed E-state index contributed by atoms with van der Waals surface area (Å²) < 4.78 is 3.08. The van der Waals surface area contributed by atoms with E-state index in [9.17, 15) is 19.8 Å². The van der Waals surface area contributed by atoms with E-state index in [-0.39, 0.29) is 40.6 Å². The molecule has 12 nitrogen and oxygen atoms in total. The van der Waals surface area contributed by atoms with Crippen molar-refractivity contribution in [1.29, 1.82) is 0 Å². The number of hydrogen-bond donors (Lipinski definition) is 4. The quantitative estimate of drug-likeness (QED) is 0.341. The Morgan fingerprint density at radius 1 is 0.914 bits per heavy atom. The van der Waals surface area contributed by atoms with Crippen LogP contribution in [0.4, 0.5) is 0 Å². The van der Waals surface area contributed by atoms with Gasteiger partial charge in [0, 0.05) is 6.07 Å². The first-order valence-corrected chi connectivity index (χ1v) is 11.0. The van der Waals surface area contributed by atoms with Crippen molar-refractivity contribution < 1.29 is 19.8 Å². The van der Waals surface area contributed by atoms with Gasteiger partial charge in [0.25, 0.3) is 11.1 Å². The molecule has 188 valence electrons. The van der Waals surface area contributed by atoms with E-state index in [0.717, 1.165) is 11.4 Å². The number of hydrogen-bond acceptors (Lipinski definition) is 8. The van der Waals surface area contributed by atoms with Crippen molar-refractivity contribution in [2.75, 3.05) is 0 Å². The Labute approximate surface area is 200 Å². The van der Waals surface area contributed by atoms with Crippen LogP contribution in [0.3, 0.4) is 0 Å². The van der Waals surface area contributed by atoms with E-state index in [2.05, 4.69) is 20.2 Å². The van der Waals surface area contributed by atoms with E-state index >= 15 is 0 Å². The van der Waals surface area contributed by atoms with Crippen LogP contribution in [0, 0.1) is 13.8 Å². The number of aryl methyl sites for hydroxylation is 2. The van der Waals surface area contributed by atoms with Gasteiger partial charge in [-0.3, -0.25) is 19.8 Å². The minimum Gasteiger partial charge on any atom is -0.505 e. The molecule has 0 saturated heterocycles. The lowest BCUT2D eigenvalue weighted by Gasteiger charge is -2.07. The zero-order valence-corrected chi connectivity index (χ0v) is 20.8. The van der Waals surface area contributed by atoms with Gasteiger partial charge in [-0.2, -0.15) is 9.59 Å². The molecule has 4 N–H and O–H groups in total. The van der Waals surface area contributed by atoms with Crippen LogP contribution in [0.1, 0.15) is 75.1 Å². The SMILES string of the molecule is CCc1c(O)c2c(C(C)C)nc(C)n2[nH]c1=O.Cc1nc(C(C)C)c2c(O)cc(=O)[nH]n12.O=C=O. The molecule has 0 aromatic carbocycles. The lowest BCUT2D eigenvalue weighted by Crippen LogP contribution is -2.17. The molecular formula is C23H30N6O6. The number of aromatic nitrogens is 6. The van der Waals surface area contributed by atoms with Crippen LogP contribution < -0.4 is 11.1 Å². The average Bonchev–Trinajstić information content (AvgIpc) is 3.27. The van der Waals surface area contributed by atoms with Crippen molar-refractivity contribution in [1.82, 2.24) is 29.2 Å². The molecule has 4 rings (SSSR count). The fourth-order valence-corrected chi connectivity index (χ4v) is 3.74. The monoisotopic (exact) mass is 486 g/mol. The number of nitrogens with one attached hydrogen (secondary N) is 2. The van der Waals surface area contributed by atoms with Gasteiger partial charge >= 0.3 is 6.15 Å². The lowest BCUT2D eigenvalue weighted by atomic mass is 10.1. The molecule has 0 radical (unpaired) electrons. The Balaban J connectivity index is 0.000000223. The Morgan fingerprint density at radius 3 is 1.83 bits per heavy atom. The highest BCUT2D eigenvalue weighted by molar-refractivity contribution is 5.66. The van der Waals surface area contributed by atoms with Crippen molar-refractivity contribution in [3.8, 4) is 11.5 Å². The summed E-state index contributed by atoms with van der Waals surface area (Å²) >= 11 is 0. The first kappa shape index (κ1) is 27.1. The first-order chi connectivity index (χ1) is 16.4. The fraction of sp³-hybridized carbons (Fsp3) is 0.435. The molecule has 0 amide bonds. The molecule has 0 fully saturated rings. The van der Waals surface area contributed by atoms with Gasteiger partial charge in [-0.05, 0) is 32.1 Å². The van der Waals surface area contributed by atoms with Crippen LogP contribution in [0.15, 0.2) is 15.7 Å². The molecule has 35 heavy (non-hydrogen) atoms. The van der Waals surface area contributed by atoms with Gasteiger partial charge < -0.3 is 10.2 Å². The van der Waals surface area contributed by atoms with Gasteiger partial charge in [-0.15, -0.1) is 0 Å². The summed E-state index contributed by atoms with van der Waals surface area (Å²) in [5, 5.41) is 25.3. The molecule has 4 heterocycles. The van der Waals surface area contributed by atoms with Crippen molar-refractivity contribution in [2.24, 2.45) is 0 Å². The van der Waals surface area contributed by atoms with Gasteiger partial charge in [0.2, 0.25) is 0 Å². The maximum atomic E-state index is 11.8. The Morgan fingerprint density at radius 2 is 1.37 bits per heavy atom. The van der Waals surface area contributed by atoms with Gasteiger partial charge in [-0.25, -0.2) is 19.0 Å². The molecule has 0 saturated carbocycles. The molecule has 0 bridgehead atoms. The summed E-state index contributed by atoms with van der Waals surface area (Å²) in [5.41, 5.74) is 2.63. The molecular weight excluding hydrogens is 456 g/mol. The van der Waals surface area contributed by atoms with Crippen LogP contribution >= 0.6 is 0 Å². The summed E-state index contributed by atoms with van der Waals surface area (Å²) in [6.45, 7) is 13.4. The summed E-state index contributed by atoms with van der Waals surface area (Å²) in [6, 6.07) is 1.17. The largest absolute Gasteiger partial charge is 0.505 e. The predicted octanol–water partition coefficient (Wildman–Crippen LogP) is 2.30. The second kappa shape index (κ2) is 10.8. The van der Waals surface area contributed by atoms with E-state index in [0.29, 0.717) is 34.7 Å². The number of carbonyl (C=O) groups excluding carboxylic acids is 2. The summed E-state index contributed by atoms with van der Waals surface area (Å²) in [4.78, 5) is 47.9. The van der Waals surface area contributed by atoms with Crippen LogP contribution in [0.5, 0.6) is 11.5 Å². The Kier molecular flexibility index (Phi) is 8.38. The highest BCUT2D eigenvalue weighted by Crippen LogP contribution is 2.29. The zero-order chi connectivity index (χ0) is 26.6. The highest BCUT2D eigenvalue weighted by Gasteiger charge is 2.19. The maximum absolute atomic E-state index is 11.8. The number of rotatable bonds is 3. The molecule has 4 aromatic heterocycles. The van der Waals surface area contributed by atoms with E-state index in [1.807, 2.05) is 34.6 Å². The topological polar surface area (TPSA) is 175 Å². The maximum Gasteiger partial charge on any atom is 0.373 e. The molecule has 0 aliphatic heterocycles. The average molecular weight is 487 g/mol. The van der Waals surface area contributed by atoms with Gasteiger partial charge in [-0.1, -0.05) is 34.6 Å². The molecule has 0 aliphatic rings. The van der Waals surface area contributed by atoms with Gasteiger partial charge in [0.1, 0.15) is 28.4 Å². The van der Waals surface area contributed by atoms with Crippen LogP contribution in [-0.4, -0.2) is 45.6 Å². The van der Waals surface area contributed by atoms with E-state index in [1.54, 1.807) is 18.4 Å². The Hall–Kier alpha value is -4.18. The molecule has 0 spiro atoms. The first-order valence-electron chi connectivity index (χ1n) is 11.0. The summed E-state index contributed by atoms with van der Waals surface area (Å²) in [5.74, 6) is 1.77. The number of H-pyrrole nitrogens is 2. The molecule has 0 aliphatic carbocycles. The van der Waals surface area contributed by atoms with Gasteiger partial charge in [0.15, 0.2) is 5.75 Å². The van der Waals surface area contributed by atoms with Crippen LogP contribution in [0.2, 0.25) is 0 Å². The summed E-state index contributed by atoms with van der Waals surface area (Å²) in [6.07, 6.45) is 0.749. The molecule has 12 heteroatoms. The summed E-state index contributed by atoms with van der Waals surface area (Å²) in [7, 11) is 0. The van der Waals surface area contributed by atoms with Crippen molar-refractivity contribution in [2.45, 2.75) is 66.7 Å². The van der Waals surface area contributed by atoms with Crippen molar-refractivity contribution in [3.05, 3.63) is 55.4 Å². The zero-order valence-electron chi connectivity index (χ0n) is 20.8. The van der Waals surface area contributed by atoms with Crippen molar-refractivity contribution >= 4 is 17.2 Å². The number of fused-ring (bicyclic) bond motifs is 2. The minimum atomic E-state index is -0.337. The molecule has 4 aromatic rings. The Bertz CT molecular complexity index is 1500. The highest BCUT2D eigenvalue weighted by atomic mass is 16.3. The number of aromatic hydroxyl groups is 2. The fourth-order valence-electron chi connectivity index (χ4n) is 3.74. The van der Waals surface area contributed by atoms with Gasteiger partial charge in [0.05, 0.1) is 17.0 Å². The number of aromatic amines is 2. The predicted molar refractivity (Wildman–Crippen MR) is 127 cm³/mol. The second-order valence-corrected chi connectivity index (χ2v) is 8.48. The molecule has 0 unspecified atom stereocenters. The number of imidazole rings is 2. The van der Waals surface area contributed by atoms with E-state index < -0.39 is 0 Å². The van der Waals surface area contributed by atoms with Crippen molar-refractivity contribution in [3.63, 3.8) is 0 Å². The second-order valence-electron chi connectivity index (χ2n) is 8.48. The van der Waals surface area contributed by atoms with E-state index in [4.69, 9.17) is 9.59 Å². The van der Waals surface area contributed by atoms with Crippen LogP contribution in [0.25, 0.3) is 11.0 Å². The lowest BCUT2D eigenvalue weighted by molar-refractivity contribution is -0.191. The normalized spacial score (nSPS) is 10.8. The smallest absolute Gasteiger partial charge is 0.373 e. The minimum absolute atomic E-state index is 0.0250. The third kappa shape index (κ3) is 5.33. The van der Waals surface area contributed by atoms with Crippen LogP contribution in [-0.2, 0) is 16.0 Å². The third-order valence-corrected chi connectivity index (χ3v) is 5.32. The molecule has 0 atom stereocenters.